The second-order valence-corrected chi connectivity index (χ2v) is 14.8. The molecule has 0 saturated carbocycles. The molecule has 0 fully saturated rings. The van der Waals surface area contributed by atoms with Crippen molar-refractivity contribution in [2.24, 2.45) is 0 Å². The van der Waals surface area contributed by atoms with Gasteiger partial charge in [-0.1, -0.05) is 176 Å². The topological polar surface area (TPSA) is 43.6 Å². The summed E-state index contributed by atoms with van der Waals surface area (Å²) in [5.41, 5.74) is 12.8. The fourth-order valence-electron chi connectivity index (χ4n) is 8.41. The number of rotatable bonds is 7. The predicted molar refractivity (Wildman–Crippen MR) is 244 cm³/mol. The predicted octanol–water partition coefficient (Wildman–Crippen LogP) is 14.1. The zero-order chi connectivity index (χ0) is 39.1. The fourth-order valence-corrected chi connectivity index (χ4v) is 8.41. The molecule has 4 heteroatoms. The van der Waals surface area contributed by atoms with Crippen molar-refractivity contribution in [3.63, 3.8) is 0 Å². The highest BCUT2D eigenvalue weighted by molar-refractivity contribution is 6.10. The Hall–Kier alpha value is -7.95. The highest BCUT2D eigenvalue weighted by Crippen LogP contribution is 2.40. The van der Waals surface area contributed by atoms with Crippen molar-refractivity contribution < 1.29 is 0 Å². The summed E-state index contributed by atoms with van der Waals surface area (Å²) in [7, 11) is 0. The number of benzene rings is 9. The maximum absolute atomic E-state index is 5.39. The monoisotopic (exact) mass is 752 g/mol. The molecule has 276 valence electrons. The van der Waals surface area contributed by atoms with Crippen LogP contribution in [0.1, 0.15) is 0 Å². The van der Waals surface area contributed by atoms with Gasteiger partial charge in [-0.15, -0.1) is 0 Å². The van der Waals surface area contributed by atoms with Gasteiger partial charge in [0.1, 0.15) is 0 Å². The third-order valence-electron chi connectivity index (χ3n) is 11.2. The lowest BCUT2D eigenvalue weighted by atomic mass is 9.95. The molecule has 11 rings (SSSR count). The van der Waals surface area contributed by atoms with Crippen LogP contribution in [0.15, 0.2) is 218 Å². The van der Waals surface area contributed by atoms with E-state index >= 15 is 0 Å². The molecule has 9 aromatic carbocycles. The van der Waals surface area contributed by atoms with Crippen LogP contribution in [0.2, 0.25) is 0 Å². The Bertz CT molecular complexity index is 3260. The molecular weight excluding hydrogens is 717 g/mol. The minimum Gasteiger partial charge on any atom is -0.308 e. The van der Waals surface area contributed by atoms with Gasteiger partial charge in [0.25, 0.3) is 0 Å². The number of fused-ring (bicyclic) bond motifs is 4. The number of nitrogens with zero attached hydrogens (tertiary/aromatic N) is 4. The van der Waals surface area contributed by atoms with E-state index in [1.54, 1.807) is 0 Å². The first kappa shape index (κ1) is 34.3. The number of hydrogen-bond donors (Lipinski definition) is 0. The van der Waals surface area contributed by atoms with Gasteiger partial charge >= 0.3 is 0 Å². The van der Waals surface area contributed by atoms with Gasteiger partial charge in [-0.3, -0.25) is 0 Å². The first-order valence-corrected chi connectivity index (χ1v) is 19.9. The van der Waals surface area contributed by atoms with Crippen molar-refractivity contribution in [1.82, 2.24) is 19.5 Å². The molecule has 2 aromatic heterocycles. The van der Waals surface area contributed by atoms with Crippen LogP contribution in [-0.4, -0.2) is 19.5 Å². The second kappa shape index (κ2) is 14.5. The minimum absolute atomic E-state index is 0.602. The van der Waals surface area contributed by atoms with Crippen molar-refractivity contribution in [2.45, 2.75) is 0 Å². The molecule has 0 aliphatic carbocycles. The van der Waals surface area contributed by atoms with E-state index in [-0.39, 0.29) is 0 Å². The molecule has 11 aromatic rings. The Morgan fingerprint density at radius 1 is 0.271 bits per heavy atom. The van der Waals surface area contributed by atoms with Gasteiger partial charge in [-0.25, -0.2) is 15.0 Å². The Morgan fingerprint density at radius 2 is 0.763 bits per heavy atom. The van der Waals surface area contributed by atoms with Gasteiger partial charge in [0.15, 0.2) is 17.5 Å². The summed E-state index contributed by atoms with van der Waals surface area (Å²) in [6, 6.07) is 77.0. The molecule has 0 unspecified atom stereocenters. The average molecular weight is 753 g/mol. The molecule has 0 spiro atoms. The maximum Gasteiger partial charge on any atom is 0.166 e. The lowest BCUT2D eigenvalue weighted by Crippen LogP contribution is -2.04. The first-order valence-electron chi connectivity index (χ1n) is 19.9. The first-order chi connectivity index (χ1) is 29.2. The summed E-state index contributed by atoms with van der Waals surface area (Å²) in [5, 5.41) is 4.69. The molecule has 0 aliphatic heterocycles. The fraction of sp³-hybridized carbons (Fsp3) is 0. The molecule has 0 bridgehead atoms. The van der Waals surface area contributed by atoms with E-state index in [2.05, 4.69) is 205 Å². The molecule has 0 saturated heterocycles. The van der Waals surface area contributed by atoms with Crippen LogP contribution >= 0.6 is 0 Å². The molecule has 0 atom stereocenters. The number of hydrogen-bond acceptors (Lipinski definition) is 3. The largest absolute Gasteiger partial charge is 0.308 e. The third-order valence-corrected chi connectivity index (χ3v) is 11.2. The third kappa shape index (κ3) is 6.24. The molecule has 0 aliphatic rings. The standard InChI is InChI=1S/C55H36N4/c1-4-17-37(18-5-1)40-24-16-25-41(33-40)42-31-32-48(52(36-42)59-50-29-14-12-27-46(50)47-28-13-15-30-51(47)59)55-57-53(39-21-8-3-9-22-39)56-54(58-55)44-34-43-23-10-11-26-45(43)49(35-44)38-19-6-2-7-20-38/h1-36H. The Labute approximate surface area is 342 Å². The summed E-state index contributed by atoms with van der Waals surface area (Å²) < 4.78 is 2.37. The van der Waals surface area contributed by atoms with Crippen molar-refractivity contribution in [3.8, 4) is 73.2 Å². The number of para-hydroxylation sites is 2. The van der Waals surface area contributed by atoms with E-state index in [1.807, 2.05) is 18.2 Å². The summed E-state index contributed by atoms with van der Waals surface area (Å²) in [6.45, 7) is 0. The molecular formula is C55H36N4. The Balaban J connectivity index is 1.18. The highest BCUT2D eigenvalue weighted by Gasteiger charge is 2.21. The normalized spacial score (nSPS) is 11.4. The Kier molecular flexibility index (Phi) is 8.45. The molecule has 0 radical (unpaired) electrons. The van der Waals surface area contributed by atoms with Crippen LogP contribution in [0.5, 0.6) is 0 Å². The van der Waals surface area contributed by atoms with E-state index in [0.717, 1.165) is 61.1 Å². The lowest BCUT2D eigenvalue weighted by molar-refractivity contribution is 1.06. The van der Waals surface area contributed by atoms with Gasteiger partial charge < -0.3 is 4.57 Å². The van der Waals surface area contributed by atoms with E-state index < -0.39 is 0 Å². The highest BCUT2D eigenvalue weighted by atomic mass is 15.1. The average Bonchev–Trinajstić information content (AvgIpc) is 3.66. The molecule has 0 N–H and O–H groups in total. The van der Waals surface area contributed by atoms with Gasteiger partial charge in [-0.2, -0.15) is 0 Å². The van der Waals surface area contributed by atoms with Crippen LogP contribution in [0, 0.1) is 0 Å². The molecule has 0 amide bonds. The zero-order valence-electron chi connectivity index (χ0n) is 32.1. The minimum atomic E-state index is 0.602. The van der Waals surface area contributed by atoms with Crippen LogP contribution in [0.3, 0.4) is 0 Å². The quantitative estimate of drug-likeness (QED) is 0.163. The second-order valence-electron chi connectivity index (χ2n) is 14.8. The Morgan fingerprint density at radius 3 is 1.44 bits per heavy atom. The lowest BCUT2D eigenvalue weighted by Gasteiger charge is -2.17. The maximum atomic E-state index is 5.39. The van der Waals surface area contributed by atoms with Gasteiger partial charge in [0, 0.05) is 27.5 Å². The van der Waals surface area contributed by atoms with Crippen LogP contribution in [-0.2, 0) is 0 Å². The van der Waals surface area contributed by atoms with E-state index in [0.29, 0.717) is 17.5 Å². The van der Waals surface area contributed by atoms with Gasteiger partial charge in [0.2, 0.25) is 0 Å². The van der Waals surface area contributed by atoms with E-state index in [9.17, 15) is 0 Å². The molecule has 4 nitrogen and oxygen atoms in total. The SMILES string of the molecule is c1ccc(-c2cccc(-c3ccc(-c4nc(-c5ccccc5)nc(-c5cc(-c6ccccc6)c6ccccc6c5)n4)c(-n4c5ccccc5c5ccccc54)c3)c2)cc1. The smallest absolute Gasteiger partial charge is 0.166 e. The van der Waals surface area contributed by atoms with Gasteiger partial charge in [0.05, 0.1) is 16.7 Å². The summed E-state index contributed by atoms with van der Waals surface area (Å²) in [5.74, 6) is 1.84. The van der Waals surface area contributed by atoms with Crippen LogP contribution < -0.4 is 0 Å². The van der Waals surface area contributed by atoms with Crippen molar-refractivity contribution in [1.29, 1.82) is 0 Å². The molecule has 2 heterocycles. The van der Waals surface area contributed by atoms with Crippen LogP contribution in [0.25, 0.3) is 106 Å². The zero-order valence-corrected chi connectivity index (χ0v) is 32.1. The number of aromatic nitrogens is 4. The summed E-state index contributed by atoms with van der Waals surface area (Å²) in [6.07, 6.45) is 0. The van der Waals surface area contributed by atoms with E-state index in [4.69, 9.17) is 15.0 Å². The van der Waals surface area contributed by atoms with E-state index in [1.165, 1.54) is 27.3 Å². The van der Waals surface area contributed by atoms with Gasteiger partial charge in [-0.05, 0) is 86.6 Å². The van der Waals surface area contributed by atoms with Crippen molar-refractivity contribution >= 4 is 32.6 Å². The van der Waals surface area contributed by atoms with Crippen molar-refractivity contribution in [2.75, 3.05) is 0 Å². The van der Waals surface area contributed by atoms with Crippen molar-refractivity contribution in [3.05, 3.63) is 218 Å². The molecule has 59 heavy (non-hydrogen) atoms. The summed E-state index contributed by atoms with van der Waals surface area (Å²) in [4.78, 5) is 15.9. The summed E-state index contributed by atoms with van der Waals surface area (Å²) >= 11 is 0. The van der Waals surface area contributed by atoms with Crippen LogP contribution in [0.4, 0.5) is 0 Å².